The smallest absolute Gasteiger partial charge is 0.202 e. The molecule has 0 fully saturated rings. The summed E-state index contributed by atoms with van der Waals surface area (Å²) >= 11 is 0. The van der Waals surface area contributed by atoms with E-state index in [0.29, 0.717) is 23.0 Å². The summed E-state index contributed by atoms with van der Waals surface area (Å²) in [6.45, 7) is 1.77. The van der Waals surface area contributed by atoms with Gasteiger partial charge in [0.1, 0.15) is 18.4 Å². The highest BCUT2D eigenvalue weighted by molar-refractivity contribution is 5.98. The summed E-state index contributed by atoms with van der Waals surface area (Å²) in [5.74, 6) is -0.452. The van der Waals surface area contributed by atoms with Crippen LogP contribution in [0.3, 0.4) is 0 Å². The van der Waals surface area contributed by atoms with Crippen LogP contribution >= 0.6 is 0 Å². The van der Waals surface area contributed by atoms with Gasteiger partial charge in [0.15, 0.2) is 5.78 Å². The van der Waals surface area contributed by atoms with E-state index in [2.05, 4.69) is 15.0 Å². The first kappa shape index (κ1) is 15.8. The van der Waals surface area contributed by atoms with Crippen molar-refractivity contribution in [2.75, 3.05) is 11.9 Å². The SMILES string of the molecule is Cc1coc(CC(=O)c2cc(F)cc(N(C)c3cncnc3)c2)n1. The predicted octanol–water partition coefficient (Wildman–Crippen LogP) is 3.11. The van der Waals surface area contributed by atoms with Gasteiger partial charge in [-0.3, -0.25) is 4.79 Å². The number of hydrogen-bond acceptors (Lipinski definition) is 6. The molecule has 0 aliphatic carbocycles. The molecule has 0 saturated carbocycles. The summed E-state index contributed by atoms with van der Waals surface area (Å²) < 4.78 is 19.1. The zero-order valence-corrected chi connectivity index (χ0v) is 13.2. The number of carbonyl (C=O) groups excluding carboxylic acids is 1. The number of nitrogens with zero attached hydrogens (tertiary/aromatic N) is 4. The lowest BCUT2D eigenvalue weighted by Crippen LogP contribution is -2.12. The first-order valence-corrected chi connectivity index (χ1v) is 7.26. The Balaban J connectivity index is 1.87. The Bertz CT molecular complexity index is 864. The molecule has 0 saturated heterocycles. The Morgan fingerprint density at radius 1 is 1.21 bits per heavy atom. The lowest BCUT2D eigenvalue weighted by molar-refractivity contribution is 0.0985. The molecule has 1 aromatic carbocycles. The van der Waals surface area contributed by atoms with Crippen LogP contribution in [-0.2, 0) is 6.42 Å². The van der Waals surface area contributed by atoms with Crippen LogP contribution in [-0.4, -0.2) is 27.8 Å². The molecule has 0 unspecified atom stereocenters. The topological polar surface area (TPSA) is 72.1 Å². The summed E-state index contributed by atoms with van der Waals surface area (Å²) in [5.41, 5.74) is 2.16. The van der Waals surface area contributed by atoms with Gasteiger partial charge in [-0.2, -0.15) is 0 Å². The largest absolute Gasteiger partial charge is 0.448 e. The summed E-state index contributed by atoms with van der Waals surface area (Å²) in [6.07, 6.45) is 6.08. The second kappa shape index (κ2) is 6.57. The van der Waals surface area contributed by atoms with Gasteiger partial charge in [0.05, 0.1) is 30.2 Å². The standard InChI is InChI=1S/C17H15FN4O2/c1-11-9-24-17(21-11)6-16(23)12-3-13(18)5-14(4-12)22(2)15-7-19-10-20-8-15/h3-5,7-10H,6H2,1-2H3. The Labute approximate surface area is 138 Å². The average Bonchev–Trinajstić information content (AvgIpc) is 2.99. The lowest BCUT2D eigenvalue weighted by Gasteiger charge is -2.19. The van der Waals surface area contributed by atoms with Crippen molar-refractivity contribution in [2.45, 2.75) is 13.3 Å². The highest BCUT2D eigenvalue weighted by atomic mass is 19.1. The van der Waals surface area contributed by atoms with E-state index in [1.54, 1.807) is 37.3 Å². The minimum atomic E-state index is -0.497. The molecular formula is C17H15FN4O2. The van der Waals surface area contributed by atoms with Crippen molar-refractivity contribution in [3.8, 4) is 0 Å². The second-order valence-electron chi connectivity index (χ2n) is 5.34. The van der Waals surface area contributed by atoms with Crippen LogP contribution in [0.15, 0.2) is 47.6 Å². The van der Waals surface area contributed by atoms with Crippen molar-refractivity contribution >= 4 is 17.2 Å². The Hall–Kier alpha value is -3.09. The summed E-state index contributed by atoms with van der Waals surface area (Å²) in [4.78, 5) is 26.0. The molecule has 122 valence electrons. The minimum Gasteiger partial charge on any atom is -0.448 e. The quantitative estimate of drug-likeness (QED) is 0.671. The predicted molar refractivity (Wildman–Crippen MR) is 85.8 cm³/mol. The fourth-order valence-corrected chi connectivity index (χ4v) is 2.27. The van der Waals surface area contributed by atoms with Crippen LogP contribution in [0.2, 0.25) is 0 Å². The van der Waals surface area contributed by atoms with E-state index >= 15 is 0 Å². The van der Waals surface area contributed by atoms with Gasteiger partial charge < -0.3 is 9.32 Å². The van der Waals surface area contributed by atoms with Crippen LogP contribution in [0, 0.1) is 12.7 Å². The van der Waals surface area contributed by atoms with Gasteiger partial charge in [0.25, 0.3) is 0 Å². The van der Waals surface area contributed by atoms with Crippen LogP contribution in [0.4, 0.5) is 15.8 Å². The first-order chi connectivity index (χ1) is 11.5. The number of hydrogen-bond donors (Lipinski definition) is 0. The highest BCUT2D eigenvalue weighted by Crippen LogP contribution is 2.25. The first-order valence-electron chi connectivity index (χ1n) is 7.26. The van der Waals surface area contributed by atoms with Gasteiger partial charge >= 0.3 is 0 Å². The zero-order chi connectivity index (χ0) is 17.1. The van der Waals surface area contributed by atoms with Gasteiger partial charge in [0, 0.05) is 18.3 Å². The number of carbonyl (C=O) groups is 1. The molecule has 0 atom stereocenters. The van der Waals surface area contributed by atoms with Crippen LogP contribution in [0.25, 0.3) is 0 Å². The van der Waals surface area contributed by atoms with Gasteiger partial charge in [0.2, 0.25) is 5.89 Å². The molecule has 3 aromatic rings. The van der Waals surface area contributed by atoms with Gasteiger partial charge in [-0.1, -0.05) is 0 Å². The van der Waals surface area contributed by atoms with Gasteiger partial charge in [-0.15, -0.1) is 0 Å². The van der Waals surface area contributed by atoms with E-state index < -0.39 is 5.82 Å². The number of oxazole rings is 1. The Morgan fingerprint density at radius 2 is 1.96 bits per heavy atom. The highest BCUT2D eigenvalue weighted by Gasteiger charge is 2.15. The normalized spacial score (nSPS) is 10.6. The molecule has 3 rings (SSSR count). The van der Waals surface area contributed by atoms with Crippen molar-refractivity contribution in [3.05, 3.63) is 66.1 Å². The second-order valence-corrected chi connectivity index (χ2v) is 5.34. The van der Waals surface area contributed by atoms with E-state index in [4.69, 9.17) is 4.42 Å². The molecule has 24 heavy (non-hydrogen) atoms. The zero-order valence-electron chi connectivity index (χ0n) is 13.2. The summed E-state index contributed by atoms with van der Waals surface area (Å²) in [6, 6.07) is 4.17. The van der Waals surface area contributed by atoms with Gasteiger partial charge in [-0.05, 0) is 25.1 Å². The maximum Gasteiger partial charge on any atom is 0.202 e. The van der Waals surface area contributed by atoms with Crippen molar-refractivity contribution in [3.63, 3.8) is 0 Å². The number of anilines is 2. The summed E-state index contributed by atoms with van der Waals surface area (Å²) in [5, 5.41) is 0. The Kier molecular flexibility index (Phi) is 4.33. The van der Waals surface area contributed by atoms with E-state index in [1.807, 2.05) is 0 Å². The molecule has 2 heterocycles. The number of Topliss-reactive ketones (excluding diaryl/α,β-unsaturated/α-hetero) is 1. The number of ketones is 1. The molecular weight excluding hydrogens is 311 g/mol. The van der Waals surface area contributed by atoms with Gasteiger partial charge in [-0.25, -0.2) is 19.3 Å². The van der Waals surface area contributed by atoms with Crippen molar-refractivity contribution in [1.29, 1.82) is 0 Å². The molecule has 2 aromatic heterocycles. The van der Waals surface area contributed by atoms with E-state index in [-0.39, 0.29) is 17.8 Å². The molecule has 6 nitrogen and oxygen atoms in total. The van der Waals surface area contributed by atoms with E-state index in [1.165, 1.54) is 24.7 Å². The molecule has 0 amide bonds. The minimum absolute atomic E-state index is 0.0190. The fraction of sp³-hybridized carbons (Fsp3) is 0.176. The van der Waals surface area contributed by atoms with Crippen molar-refractivity contribution in [2.24, 2.45) is 0 Å². The number of aromatic nitrogens is 3. The van der Waals surface area contributed by atoms with Crippen molar-refractivity contribution < 1.29 is 13.6 Å². The number of aryl methyl sites for hydroxylation is 1. The molecule has 7 heteroatoms. The third kappa shape index (κ3) is 3.45. The monoisotopic (exact) mass is 326 g/mol. The molecule has 0 spiro atoms. The average molecular weight is 326 g/mol. The maximum atomic E-state index is 14.0. The molecule has 0 aliphatic heterocycles. The number of halogens is 1. The fourth-order valence-electron chi connectivity index (χ4n) is 2.27. The third-order valence-electron chi connectivity index (χ3n) is 3.50. The molecule has 0 radical (unpaired) electrons. The summed E-state index contributed by atoms with van der Waals surface area (Å²) in [7, 11) is 1.75. The maximum absolute atomic E-state index is 14.0. The van der Waals surface area contributed by atoms with Crippen LogP contribution < -0.4 is 4.90 Å². The van der Waals surface area contributed by atoms with E-state index in [0.717, 1.165) is 0 Å². The molecule has 0 N–H and O–H groups in total. The molecule has 0 aliphatic rings. The van der Waals surface area contributed by atoms with Crippen LogP contribution in [0.5, 0.6) is 0 Å². The molecule has 0 bridgehead atoms. The third-order valence-corrected chi connectivity index (χ3v) is 3.50. The number of benzene rings is 1. The number of rotatable bonds is 5. The van der Waals surface area contributed by atoms with E-state index in [9.17, 15) is 9.18 Å². The van der Waals surface area contributed by atoms with Crippen LogP contribution in [0.1, 0.15) is 21.9 Å². The Morgan fingerprint density at radius 3 is 2.62 bits per heavy atom. The lowest BCUT2D eigenvalue weighted by atomic mass is 10.1. The van der Waals surface area contributed by atoms with Crippen molar-refractivity contribution in [1.82, 2.24) is 15.0 Å².